The first-order chi connectivity index (χ1) is 22.7. The van der Waals surface area contributed by atoms with E-state index in [1.54, 1.807) is 24.3 Å². The molecular formula is C36H36N4O8. The van der Waals surface area contributed by atoms with Gasteiger partial charge in [0.2, 0.25) is 0 Å². The van der Waals surface area contributed by atoms with Crippen molar-refractivity contribution in [1.82, 2.24) is 0 Å². The lowest BCUT2D eigenvalue weighted by Crippen LogP contribution is -2.03. The molecule has 0 aromatic rings. The van der Waals surface area contributed by atoms with Crippen LogP contribution in [-0.4, -0.2) is 67.2 Å². The molecule has 5 aliphatic heterocycles. The minimum atomic E-state index is -0.954. The number of hydrogen-bond donors (Lipinski definition) is 4. The highest BCUT2D eigenvalue weighted by atomic mass is 16.4. The van der Waals surface area contributed by atoms with Gasteiger partial charge in [-0.05, 0) is 122 Å². The molecule has 12 nitrogen and oxygen atoms in total. The average Bonchev–Trinajstić information content (AvgIpc) is 3.66. The van der Waals surface area contributed by atoms with Crippen LogP contribution in [0.2, 0.25) is 0 Å². The van der Waals surface area contributed by atoms with Crippen LogP contribution in [0, 0.1) is 0 Å². The molecule has 12 heteroatoms. The number of hydrogen-bond acceptors (Lipinski definition) is 8. The van der Waals surface area contributed by atoms with E-state index in [2.05, 4.69) is 0 Å². The largest absolute Gasteiger partial charge is 0.481 e. The van der Waals surface area contributed by atoms with Gasteiger partial charge in [-0.25, -0.2) is 20.0 Å². The predicted octanol–water partition coefficient (Wildman–Crippen LogP) is 6.08. The van der Waals surface area contributed by atoms with Crippen LogP contribution in [0.1, 0.15) is 79.1 Å². The number of rotatable bonds is 12. The van der Waals surface area contributed by atoms with Gasteiger partial charge in [-0.3, -0.25) is 19.2 Å². The van der Waals surface area contributed by atoms with Gasteiger partial charge in [-0.2, -0.15) is 0 Å². The lowest BCUT2D eigenvalue weighted by molar-refractivity contribution is -0.137. The van der Waals surface area contributed by atoms with E-state index in [0.29, 0.717) is 45.6 Å². The highest BCUT2D eigenvalue weighted by Crippen LogP contribution is 2.38. The molecule has 0 aromatic carbocycles. The van der Waals surface area contributed by atoms with Crippen molar-refractivity contribution >= 4 is 46.7 Å². The molecular weight excluding hydrogens is 616 g/mol. The molecule has 48 heavy (non-hydrogen) atoms. The number of carboxylic acids is 4. The maximum Gasteiger partial charge on any atom is 0.303 e. The third kappa shape index (κ3) is 7.07. The summed E-state index contributed by atoms with van der Waals surface area (Å²) in [6, 6.07) is 0. The van der Waals surface area contributed by atoms with Gasteiger partial charge in [0.25, 0.3) is 0 Å². The predicted molar refractivity (Wildman–Crippen MR) is 180 cm³/mol. The fraction of sp³-hybridized carbons (Fsp3) is 0.333. The van der Waals surface area contributed by atoms with Crippen LogP contribution in [0.3, 0.4) is 0 Å². The van der Waals surface area contributed by atoms with Gasteiger partial charge in [-0.15, -0.1) is 0 Å². The smallest absolute Gasteiger partial charge is 0.303 e. The Bertz CT molecular complexity index is 1670. The van der Waals surface area contributed by atoms with Crippen LogP contribution in [0.4, 0.5) is 0 Å². The number of fused-ring (bicyclic) bond motifs is 4. The van der Waals surface area contributed by atoms with Crippen molar-refractivity contribution in [2.75, 3.05) is 0 Å². The Hall–Kier alpha value is -5.52. The standard InChI is InChI=1S/C36H36N4O8/c1-17-21(5-9-33(41)42)29-14-26-19(3)23(7-11-35(45)46)31(39-26)16-28-20(4)24(8-12-36(47)48)32(40-28)15-27-18(2)22(6-10-34(43)44)30(38-27)13-25(17)37-29/h13-16H,5-12H2,1-4H3,(H,41,42)(H,43,44)(H,45,46)(H,47,48). The zero-order valence-corrected chi connectivity index (χ0v) is 27.2. The maximum absolute atomic E-state index is 11.6. The molecule has 5 heterocycles. The number of allylic oxidation sites excluding steroid dienone is 12. The molecule has 0 fully saturated rings. The summed E-state index contributed by atoms with van der Waals surface area (Å²) in [4.78, 5) is 65.9. The summed E-state index contributed by atoms with van der Waals surface area (Å²) in [6.45, 7) is 7.43. The molecule has 5 aliphatic rings. The van der Waals surface area contributed by atoms with E-state index in [1.165, 1.54) is 0 Å². The van der Waals surface area contributed by atoms with E-state index in [0.717, 1.165) is 44.6 Å². The number of carboxylic acid groups (broad SMARTS) is 4. The van der Waals surface area contributed by atoms with Crippen molar-refractivity contribution in [1.29, 1.82) is 0 Å². The van der Waals surface area contributed by atoms with Gasteiger partial charge in [-0.1, -0.05) is 0 Å². The summed E-state index contributed by atoms with van der Waals surface area (Å²) in [5, 5.41) is 37.9. The molecule has 0 amide bonds. The van der Waals surface area contributed by atoms with Crippen LogP contribution in [0.25, 0.3) is 0 Å². The van der Waals surface area contributed by atoms with E-state index in [9.17, 15) is 39.6 Å². The molecule has 5 rings (SSSR count). The second-order valence-corrected chi connectivity index (χ2v) is 12.1. The molecule has 0 aromatic heterocycles. The molecule has 0 radical (unpaired) electrons. The number of nitrogens with zero attached hydrogens (tertiary/aromatic N) is 4. The van der Waals surface area contributed by atoms with Gasteiger partial charge >= 0.3 is 23.9 Å². The zero-order chi connectivity index (χ0) is 34.9. The molecule has 4 N–H and O–H groups in total. The second kappa shape index (κ2) is 13.7. The summed E-state index contributed by atoms with van der Waals surface area (Å²) in [7, 11) is 0. The van der Waals surface area contributed by atoms with Gasteiger partial charge in [0.15, 0.2) is 0 Å². The minimum absolute atomic E-state index is 0.117. The first kappa shape index (κ1) is 33.8. The normalized spacial score (nSPS) is 18.8. The Morgan fingerprint density at radius 2 is 0.604 bits per heavy atom. The highest BCUT2D eigenvalue weighted by Gasteiger charge is 2.29. The van der Waals surface area contributed by atoms with E-state index in [4.69, 9.17) is 20.0 Å². The van der Waals surface area contributed by atoms with E-state index in [-0.39, 0.29) is 51.4 Å². The lowest BCUT2D eigenvalue weighted by atomic mass is 9.95. The van der Waals surface area contributed by atoms with Crippen molar-refractivity contribution in [3.63, 3.8) is 0 Å². The van der Waals surface area contributed by atoms with Crippen molar-refractivity contribution in [2.45, 2.75) is 79.1 Å². The van der Waals surface area contributed by atoms with Crippen LogP contribution in [-0.2, 0) is 19.2 Å². The molecule has 0 spiro atoms. The van der Waals surface area contributed by atoms with Gasteiger partial charge in [0, 0.05) is 25.7 Å². The molecule has 0 saturated carbocycles. The Morgan fingerprint density at radius 3 is 0.771 bits per heavy atom. The topological polar surface area (TPSA) is 199 Å². The Balaban J connectivity index is 1.77. The highest BCUT2D eigenvalue weighted by molar-refractivity contribution is 6.20. The summed E-state index contributed by atoms with van der Waals surface area (Å²) >= 11 is 0. The zero-order valence-electron chi connectivity index (χ0n) is 27.2. The van der Waals surface area contributed by atoms with E-state index >= 15 is 0 Å². The average molecular weight is 653 g/mol. The SMILES string of the molecule is CC1=C(CCC(=O)O)C2=NC1=CC1=NC(=CC3=NC(=CC4=NC(=C2)C(C)=C4CCC(=O)O)C(C)=C3CCC(=O)O)C(C)=C1CCC(=O)O. The van der Waals surface area contributed by atoms with Crippen LogP contribution in [0.15, 0.2) is 112 Å². The molecule has 8 bridgehead atoms. The molecule has 0 aliphatic carbocycles. The Morgan fingerprint density at radius 1 is 0.417 bits per heavy atom. The summed E-state index contributed by atoms with van der Waals surface area (Å²) < 4.78 is 0. The van der Waals surface area contributed by atoms with E-state index in [1.807, 2.05) is 27.7 Å². The third-order valence-electron chi connectivity index (χ3n) is 9.00. The van der Waals surface area contributed by atoms with Crippen molar-refractivity contribution in [3.8, 4) is 0 Å². The fourth-order valence-corrected chi connectivity index (χ4v) is 6.26. The first-order valence-electron chi connectivity index (χ1n) is 15.6. The van der Waals surface area contributed by atoms with Crippen molar-refractivity contribution in [3.05, 3.63) is 91.7 Å². The second-order valence-electron chi connectivity index (χ2n) is 12.1. The van der Waals surface area contributed by atoms with E-state index < -0.39 is 23.9 Å². The van der Waals surface area contributed by atoms with Crippen LogP contribution >= 0.6 is 0 Å². The summed E-state index contributed by atoms with van der Waals surface area (Å²) in [5.74, 6) is -3.82. The van der Waals surface area contributed by atoms with Gasteiger partial charge < -0.3 is 20.4 Å². The molecule has 0 atom stereocenters. The lowest BCUT2D eigenvalue weighted by Gasteiger charge is -2.06. The molecule has 248 valence electrons. The van der Waals surface area contributed by atoms with Gasteiger partial charge in [0.1, 0.15) is 0 Å². The van der Waals surface area contributed by atoms with Crippen LogP contribution < -0.4 is 0 Å². The molecule has 0 unspecified atom stereocenters. The number of aliphatic imine (C=N–C) groups is 4. The number of aliphatic carboxylic acids is 4. The minimum Gasteiger partial charge on any atom is -0.481 e. The first-order valence-corrected chi connectivity index (χ1v) is 15.6. The monoisotopic (exact) mass is 652 g/mol. The quantitative estimate of drug-likeness (QED) is 0.194. The number of carbonyl (C=O) groups is 4. The third-order valence-corrected chi connectivity index (χ3v) is 9.00. The summed E-state index contributed by atoms with van der Waals surface area (Å²) in [6.07, 6.45) is 7.54. The Labute approximate surface area is 276 Å². The van der Waals surface area contributed by atoms with Crippen molar-refractivity contribution in [2.24, 2.45) is 20.0 Å². The molecule has 0 saturated heterocycles. The fourth-order valence-electron chi connectivity index (χ4n) is 6.26. The maximum atomic E-state index is 11.6. The summed E-state index contributed by atoms with van der Waals surface area (Å²) in [5.41, 5.74) is 10.3. The van der Waals surface area contributed by atoms with Crippen LogP contribution in [0.5, 0.6) is 0 Å². The van der Waals surface area contributed by atoms with Crippen molar-refractivity contribution < 1.29 is 39.6 Å². The van der Waals surface area contributed by atoms with Gasteiger partial charge in [0.05, 0.1) is 45.6 Å². The Kier molecular flexibility index (Phi) is 9.64.